The molecule has 0 fully saturated rings. The molecule has 0 N–H and O–H groups in total. The summed E-state index contributed by atoms with van der Waals surface area (Å²) in [7, 11) is -4.43. The van der Waals surface area contributed by atoms with Crippen molar-refractivity contribution in [3.8, 4) is 0 Å². The third-order valence-electron chi connectivity index (χ3n) is 0.796. The molecule has 7 heteroatoms. The first-order chi connectivity index (χ1) is 4.61. The Morgan fingerprint density at radius 1 is 1.36 bits per heavy atom. The van der Waals surface area contributed by atoms with E-state index in [-0.39, 0.29) is 29.6 Å². The molecule has 0 atom stereocenters. The zero-order chi connectivity index (χ0) is 7.61. The van der Waals surface area contributed by atoms with Crippen LogP contribution in [0.25, 0.3) is 0 Å². The summed E-state index contributed by atoms with van der Waals surface area (Å²) in [5, 5.41) is -0.546. The van der Waals surface area contributed by atoms with Gasteiger partial charge in [-0.3, -0.25) is 4.98 Å². The Kier molecular flexibility index (Phi) is 4.12. The van der Waals surface area contributed by atoms with E-state index in [0.29, 0.717) is 0 Å². The summed E-state index contributed by atoms with van der Waals surface area (Å²) >= 11 is 0. The average molecular weight is 182 g/mol. The van der Waals surface area contributed by atoms with Gasteiger partial charge in [-0.05, 0) is 0 Å². The summed E-state index contributed by atoms with van der Waals surface area (Å²) < 4.78 is 30.5. The van der Waals surface area contributed by atoms with E-state index in [2.05, 4.69) is 9.97 Å². The van der Waals surface area contributed by atoms with Crippen molar-refractivity contribution in [2.24, 2.45) is 0 Å². The number of hydrogen-bond acceptors (Lipinski definition) is 5. The van der Waals surface area contributed by atoms with Crippen LogP contribution in [0, 0.1) is 0 Å². The molecule has 0 aliphatic heterocycles. The molecule has 54 valence electrons. The monoisotopic (exact) mass is 182 g/mol. The molecule has 0 spiro atoms. The first-order valence-corrected chi connectivity index (χ1v) is 3.73. The standard InChI is InChI=1S/C4H4N2O3S.Na/c7-10(8,9)4-3-5-1-2-6-4;/h1-3H,(H,7,8,9);/q;+1/p-1. The average Bonchev–Trinajstić information content (AvgIpc) is 1.88. The van der Waals surface area contributed by atoms with E-state index in [9.17, 15) is 13.0 Å². The molecule has 0 bridgehead atoms. The largest absolute Gasteiger partial charge is 1.00 e. The van der Waals surface area contributed by atoms with Gasteiger partial charge in [-0.25, -0.2) is 13.4 Å². The summed E-state index contributed by atoms with van der Waals surface area (Å²) in [6.07, 6.45) is 3.34. The minimum atomic E-state index is -4.43. The third-order valence-corrected chi connectivity index (χ3v) is 1.52. The molecule has 1 aromatic rings. The van der Waals surface area contributed by atoms with Crippen LogP contribution >= 0.6 is 0 Å². The minimum absolute atomic E-state index is 0. The van der Waals surface area contributed by atoms with E-state index in [4.69, 9.17) is 0 Å². The molecule has 0 radical (unpaired) electrons. The summed E-state index contributed by atoms with van der Waals surface area (Å²) in [6, 6.07) is 0. The molecule has 0 saturated heterocycles. The van der Waals surface area contributed by atoms with Crippen LogP contribution in [-0.2, 0) is 10.1 Å². The smallest absolute Gasteiger partial charge is 0.743 e. The topological polar surface area (TPSA) is 83.0 Å². The molecular formula is C4H3N2NaO3S. The van der Waals surface area contributed by atoms with Crippen LogP contribution in [0.15, 0.2) is 23.6 Å². The van der Waals surface area contributed by atoms with Crippen LogP contribution in [0.3, 0.4) is 0 Å². The molecule has 11 heavy (non-hydrogen) atoms. The van der Waals surface area contributed by atoms with E-state index in [1.807, 2.05) is 0 Å². The van der Waals surface area contributed by atoms with Gasteiger partial charge in [0.2, 0.25) is 0 Å². The van der Waals surface area contributed by atoms with Crippen molar-refractivity contribution in [2.75, 3.05) is 0 Å². The first-order valence-electron chi connectivity index (χ1n) is 2.32. The summed E-state index contributed by atoms with van der Waals surface area (Å²) in [6.45, 7) is 0. The number of rotatable bonds is 1. The zero-order valence-electron chi connectivity index (χ0n) is 5.76. The van der Waals surface area contributed by atoms with Crippen molar-refractivity contribution < 1.29 is 42.5 Å². The Balaban J connectivity index is 0.000001000. The molecule has 0 aromatic carbocycles. The second-order valence-corrected chi connectivity index (χ2v) is 2.82. The van der Waals surface area contributed by atoms with Crippen LogP contribution in [0.4, 0.5) is 0 Å². The van der Waals surface area contributed by atoms with Gasteiger partial charge in [0.05, 0.1) is 6.20 Å². The quantitative estimate of drug-likeness (QED) is 0.331. The van der Waals surface area contributed by atoms with Crippen LogP contribution in [-0.4, -0.2) is 22.9 Å². The SMILES string of the molecule is O=S(=O)([O-])c1cnccn1.[Na+]. The maximum absolute atomic E-state index is 10.2. The molecule has 0 aliphatic rings. The maximum Gasteiger partial charge on any atom is 1.00 e. The Morgan fingerprint density at radius 2 is 2.00 bits per heavy atom. The van der Waals surface area contributed by atoms with Gasteiger partial charge in [0.25, 0.3) is 0 Å². The van der Waals surface area contributed by atoms with E-state index in [1.54, 1.807) is 0 Å². The van der Waals surface area contributed by atoms with Gasteiger partial charge < -0.3 is 4.55 Å². The van der Waals surface area contributed by atoms with Crippen molar-refractivity contribution in [1.29, 1.82) is 0 Å². The molecule has 5 nitrogen and oxygen atoms in total. The third kappa shape index (κ3) is 3.26. The van der Waals surface area contributed by atoms with Gasteiger partial charge in [-0.2, -0.15) is 0 Å². The molecule has 0 aliphatic carbocycles. The number of nitrogens with zero attached hydrogens (tertiary/aromatic N) is 2. The van der Waals surface area contributed by atoms with Crippen molar-refractivity contribution in [3.05, 3.63) is 18.6 Å². The summed E-state index contributed by atoms with van der Waals surface area (Å²) in [5.74, 6) is 0. The number of hydrogen-bond donors (Lipinski definition) is 0. The molecule has 0 unspecified atom stereocenters. The Labute approximate surface area is 85.9 Å². The molecule has 1 heterocycles. The van der Waals surface area contributed by atoms with Crippen molar-refractivity contribution >= 4 is 10.1 Å². The normalized spacial score (nSPS) is 10.3. The fraction of sp³-hybridized carbons (Fsp3) is 0. The predicted octanol–water partition coefficient (Wildman–Crippen LogP) is -3.62. The molecular weight excluding hydrogens is 179 g/mol. The Hall–Kier alpha value is -0.0100. The zero-order valence-corrected chi connectivity index (χ0v) is 8.58. The van der Waals surface area contributed by atoms with Crippen molar-refractivity contribution in [2.45, 2.75) is 5.03 Å². The van der Waals surface area contributed by atoms with E-state index >= 15 is 0 Å². The van der Waals surface area contributed by atoms with Crippen LogP contribution in [0.2, 0.25) is 0 Å². The van der Waals surface area contributed by atoms with Gasteiger partial charge in [0, 0.05) is 12.4 Å². The van der Waals surface area contributed by atoms with Gasteiger partial charge in [0.1, 0.15) is 10.1 Å². The second kappa shape index (κ2) is 4.13. The van der Waals surface area contributed by atoms with Crippen molar-refractivity contribution in [3.63, 3.8) is 0 Å². The van der Waals surface area contributed by atoms with Gasteiger partial charge in [-0.1, -0.05) is 0 Å². The summed E-state index contributed by atoms with van der Waals surface area (Å²) in [4.78, 5) is 6.70. The van der Waals surface area contributed by atoms with Gasteiger partial charge in [0.15, 0.2) is 5.03 Å². The van der Waals surface area contributed by atoms with Gasteiger partial charge >= 0.3 is 29.6 Å². The number of aromatic nitrogens is 2. The Morgan fingerprint density at radius 3 is 2.27 bits per heavy atom. The molecule has 0 amide bonds. The van der Waals surface area contributed by atoms with Crippen LogP contribution in [0.5, 0.6) is 0 Å². The maximum atomic E-state index is 10.2. The fourth-order valence-electron chi connectivity index (χ4n) is 0.415. The minimum Gasteiger partial charge on any atom is -0.743 e. The van der Waals surface area contributed by atoms with E-state index in [0.717, 1.165) is 12.4 Å². The molecule has 0 saturated carbocycles. The second-order valence-electron chi connectivity index (χ2n) is 1.50. The Bertz CT molecular complexity index is 311. The predicted molar refractivity (Wildman–Crippen MR) is 30.0 cm³/mol. The summed E-state index contributed by atoms with van der Waals surface area (Å²) in [5.41, 5.74) is 0. The first kappa shape index (κ1) is 11.0. The molecule has 1 aromatic heterocycles. The van der Waals surface area contributed by atoms with E-state index in [1.165, 1.54) is 6.20 Å². The van der Waals surface area contributed by atoms with Crippen LogP contribution in [0.1, 0.15) is 0 Å². The van der Waals surface area contributed by atoms with Gasteiger partial charge in [-0.15, -0.1) is 0 Å². The van der Waals surface area contributed by atoms with Crippen molar-refractivity contribution in [1.82, 2.24) is 9.97 Å². The van der Waals surface area contributed by atoms with Crippen LogP contribution < -0.4 is 29.6 Å². The van der Waals surface area contributed by atoms with E-state index < -0.39 is 15.1 Å². The fourth-order valence-corrected chi connectivity index (χ4v) is 0.794. The molecule has 1 rings (SSSR count).